The summed E-state index contributed by atoms with van der Waals surface area (Å²) in [5.74, 6) is -1.05. The van der Waals surface area contributed by atoms with Gasteiger partial charge in [-0.3, -0.25) is 9.59 Å². The normalized spacial score (nSPS) is 16.4. The lowest BCUT2D eigenvalue weighted by molar-refractivity contribution is -0.142. The predicted octanol–water partition coefficient (Wildman–Crippen LogP) is 2.52. The molecule has 1 amide bonds. The maximum atomic E-state index is 12.2. The third kappa shape index (κ3) is 4.23. The van der Waals surface area contributed by atoms with E-state index in [0.717, 1.165) is 5.69 Å². The Labute approximate surface area is 131 Å². The Kier molecular flexibility index (Phi) is 4.74. The van der Waals surface area contributed by atoms with Gasteiger partial charge < -0.3 is 15.3 Å². The van der Waals surface area contributed by atoms with E-state index in [4.69, 9.17) is 5.11 Å². The molecule has 0 radical (unpaired) electrons. The molecule has 2 N–H and O–H groups in total. The van der Waals surface area contributed by atoms with E-state index in [9.17, 15) is 9.59 Å². The van der Waals surface area contributed by atoms with Crippen LogP contribution in [0.3, 0.4) is 0 Å². The van der Waals surface area contributed by atoms with Gasteiger partial charge in [0, 0.05) is 29.9 Å². The van der Waals surface area contributed by atoms with Crippen LogP contribution in [-0.4, -0.2) is 35.6 Å². The van der Waals surface area contributed by atoms with Crippen molar-refractivity contribution in [3.63, 3.8) is 0 Å². The highest BCUT2D eigenvalue weighted by Gasteiger charge is 2.25. The highest BCUT2D eigenvalue weighted by atomic mass is 16.4. The van der Waals surface area contributed by atoms with Crippen molar-refractivity contribution >= 4 is 17.6 Å². The molecule has 0 aliphatic carbocycles. The molecule has 1 aliphatic heterocycles. The van der Waals surface area contributed by atoms with Crippen molar-refractivity contribution in [3.8, 4) is 0 Å². The first-order valence-corrected chi connectivity index (χ1v) is 7.66. The summed E-state index contributed by atoms with van der Waals surface area (Å²) in [6.45, 7) is 7.27. The van der Waals surface area contributed by atoms with Gasteiger partial charge in [0.25, 0.3) is 5.91 Å². The van der Waals surface area contributed by atoms with Crippen LogP contribution in [0, 0.1) is 5.92 Å². The summed E-state index contributed by atoms with van der Waals surface area (Å²) in [4.78, 5) is 25.4. The van der Waals surface area contributed by atoms with Crippen molar-refractivity contribution in [1.82, 2.24) is 5.32 Å². The second-order valence-electron chi connectivity index (χ2n) is 6.85. The number of carboxylic acid groups (broad SMARTS) is 1. The zero-order valence-electron chi connectivity index (χ0n) is 13.4. The van der Waals surface area contributed by atoms with Crippen LogP contribution in [0.15, 0.2) is 24.3 Å². The Morgan fingerprint density at radius 1 is 1.23 bits per heavy atom. The lowest BCUT2D eigenvalue weighted by Crippen LogP contribution is -2.40. The van der Waals surface area contributed by atoms with E-state index < -0.39 is 5.97 Å². The molecular formula is C17H24N2O3. The van der Waals surface area contributed by atoms with Crippen molar-refractivity contribution in [2.24, 2.45) is 5.92 Å². The number of benzene rings is 1. The van der Waals surface area contributed by atoms with Crippen LogP contribution in [-0.2, 0) is 4.79 Å². The van der Waals surface area contributed by atoms with Crippen molar-refractivity contribution in [2.75, 3.05) is 18.0 Å². The first-order chi connectivity index (χ1) is 10.3. The average molecular weight is 304 g/mol. The quantitative estimate of drug-likeness (QED) is 0.900. The Bertz CT molecular complexity index is 555. The number of piperidine rings is 1. The van der Waals surface area contributed by atoms with Crippen LogP contribution < -0.4 is 10.2 Å². The lowest BCUT2D eigenvalue weighted by atomic mass is 9.96. The zero-order chi connectivity index (χ0) is 16.3. The number of carbonyl (C=O) groups is 2. The fraction of sp³-hybridized carbons (Fsp3) is 0.529. The van der Waals surface area contributed by atoms with E-state index in [1.54, 1.807) is 6.07 Å². The van der Waals surface area contributed by atoms with Gasteiger partial charge in [0.1, 0.15) is 0 Å². The Morgan fingerprint density at radius 3 is 2.41 bits per heavy atom. The highest BCUT2D eigenvalue weighted by molar-refractivity contribution is 5.95. The number of carbonyl (C=O) groups excluding carboxylic acids is 1. The SMILES string of the molecule is CC(C)(C)NC(=O)c1cccc(N2CCC(C(=O)O)CC2)c1. The number of nitrogens with one attached hydrogen (secondary N) is 1. The second kappa shape index (κ2) is 6.38. The second-order valence-corrected chi connectivity index (χ2v) is 6.85. The summed E-state index contributed by atoms with van der Waals surface area (Å²) in [7, 11) is 0. The maximum Gasteiger partial charge on any atom is 0.306 e. The number of amides is 1. The van der Waals surface area contributed by atoms with Crippen LogP contribution >= 0.6 is 0 Å². The molecule has 0 bridgehead atoms. The van der Waals surface area contributed by atoms with Gasteiger partial charge in [-0.05, 0) is 51.8 Å². The monoisotopic (exact) mass is 304 g/mol. The molecule has 1 saturated heterocycles. The minimum Gasteiger partial charge on any atom is -0.481 e. The van der Waals surface area contributed by atoms with Crippen LogP contribution in [0.4, 0.5) is 5.69 Å². The fourth-order valence-electron chi connectivity index (χ4n) is 2.64. The Morgan fingerprint density at radius 2 is 1.86 bits per heavy atom. The largest absolute Gasteiger partial charge is 0.481 e. The van der Waals surface area contributed by atoms with Crippen LogP contribution in [0.2, 0.25) is 0 Å². The summed E-state index contributed by atoms with van der Waals surface area (Å²) in [6.07, 6.45) is 1.29. The number of nitrogens with zero attached hydrogens (tertiary/aromatic N) is 1. The molecule has 22 heavy (non-hydrogen) atoms. The molecule has 1 aromatic carbocycles. The van der Waals surface area contributed by atoms with E-state index in [1.165, 1.54) is 0 Å². The Balaban J connectivity index is 2.06. The molecule has 0 aromatic heterocycles. The molecule has 1 aromatic rings. The zero-order valence-corrected chi connectivity index (χ0v) is 13.4. The number of rotatable bonds is 3. The van der Waals surface area contributed by atoms with E-state index >= 15 is 0 Å². The molecule has 1 aliphatic rings. The van der Waals surface area contributed by atoms with E-state index in [-0.39, 0.29) is 17.4 Å². The third-order valence-corrected chi connectivity index (χ3v) is 3.81. The standard InChI is InChI=1S/C17H24N2O3/c1-17(2,3)18-15(20)13-5-4-6-14(11-13)19-9-7-12(8-10-19)16(21)22/h4-6,11-12H,7-10H2,1-3H3,(H,18,20)(H,21,22). The number of hydrogen-bond donors (Lipinski definition) is 2. The van der Waals surface area contributed by atoms with Crippen LogP contribution in [0.5, 0.6) is 0 Å². The maximum absolute atomic E-state index is 12.2. The molecule has 120 valence electrons. The van der Waals surface area contributed by atoms with Gasteiger partial charge in [-0.1, -0.05) is 6.07 Å². The van der Waals surface area contributed by atoms with Crippen molar-refractivity contribution in [2.45, 2.75) is 39.2 Å². The molecule has 0 atom stereocenters. The van der Waals surface area contributed by atoms with Gasteiger partial charge in [0.05, 0.1) is 5.92 Å². The average Bonchev–Trinajstić information content (AvgIpc) is 2.46. The van der Waals surface area contributed by atoms with E-state index in [1.807, 2.05) is 39.0 Å². The van der Waals surface area contributed by atoms with Crippen LogP contribution in [0.1, 0.15) is 44.0 Å². The van der Waals surface area contributed by atoms with E-state index in [0.29, 0.717) is 31.5 Å². The van der Waals surface area contributed by atoms with Gasteiger partial charge in [-0.2, -0.15) is 0 Å². The number of aliphatic carboxylic acids is 1. The first-order valence-electron chi connectivity index (χ1n) is 7.66. The number of carboxylic acids is 1. The molecule has 0 saturated carbocycles. The van der Waals surface area contributed by atoms with Gasteiger partial charge in [-0.25, -0.2) is 0 Å². The summed E-state index contributed by atoms with van der Waals surface area (Å²) in [5.41, 5.74) is 1.34. The number of anilines is 1. The summed E-state index contributed by atoms with van der Waals surface area (Å²) >= 11 is 0. The highest BCUT2D eigenvalue weighted by Crippen LogP contribution is 2.24. The molecule has 2 rings (SSSR count). The van der Waals surface area contributed by atoms with Crippen molar-refractivity contribution < 1.29 is 14.7 Å². The molecule has 1 fully saturated rings. The summed E-state index contributed by atoms with van der Waals surface area (Å²) < 4.78 is 0. The number of hydrogen-bond acceptors (Lipinski definition) is 3. The molecule has 1 heterocycles. The summed E-state index contributed by atoms with van der Waals surface area (Å²) in [5, 5.41) is 12.0. The third-order valence-electron chi connectivity index (χ3n) is 3.81. The minimum atomic E-state index is -0.710. The molecule has 0 unspecified atom stereocenters. The first kappa shape index (κ1) is 16.3. The molecule has 5 nitrogen and oxygen atoms in total. The van der Waals surface area contributed by atoms with Crippen molar-refractivity contribution in [3.05, 3.63) is 29.8 Å². The smallest absolute Gasteiger partial charge is 0.306 e. The van der Waals surface area contributed by atoms with Crippen molar-refractivity contribution in [1.29, 1.82) is 0 Å². The Hall–Kier alpha value is -2.04. The molecule has 0 spiro atoms. The van der Waals surface area contributed by atoms with Gasteiger partial charge >= 0.3 is 5.97 Å². The van der Waals surface area contributed by atoms with Crippen LogP contribution in [0.25, 0.3) is 0 Å². The topological polar surface area (TPSA) is 69.6 Å². The minimum absolute atomic E-state index is 0.0882. The molecular weight excluding hydrogens is 280 g/mol. The predicted molar refractivity (Wildman–Crippen MR) is 86.2 cm³/mol. The molecule has 5 heteroatoms. The fourth-order valence-corrected chi connectivity index (χ4v) is 2.64. The summed E-state index contributed by atoms with van der Waals surface area (Å²) in [6, 6.07) is 7.52. The van der Waals surface area contributed by atoms with Gasteiger partial charge in [0.2, 0.25) is 0 Å². The van der Waals surface area contributed by atoms with Gasteiger partial charge in [-0.15, -0.1) is 0 Å². The van der Waals surface area contributed by atoms with E-state index in [2.05, 4.69) is 10.2 Å². The van der Waals surface area contributed by atoms with Gasteiger partial charge in [0.15, 0.2) is 0 Å². The lowest BCUT2D eigenvalue weighted by Gasteiger charge is -2.32.